The molecule has 6 nitrogen and oxygen atoms in total. The van der Waals surface area contributed by atoms with Crippen LogP contribution in [-0.4, -0.2) is 35.1 Å². The number of hydrogen-bond acceptors (Lipinski definition) is 4. The van der Waals surface area contributed by atoms with E-state index in [4.69, 9.17) is 5.11 Å². The molecule has 0 radical (unpaired) electrons. The lowest BCUT2D eigenvalue weighted by atomic mass is 10.1. The van der Waals surface area contributed by atoms with E-state index in [0.29, 0.717) is 6.29 Å². The van der Waals surface area contributed by atoms with Crippen molar-refractivity contribution >= 4 is 23.9 Å². The Balaban J connectivity index is 3.92. The molecule has 0 saturated carbocycles. The summed E-state index contributed by atoms with van der Waals surface area (Å²) >= 11 is 0. The first-order chi connectivity index (χ1) is 7.45. The third kappa shape index (κ3) is 7.66. The number of aldehydes is 1. The molecule has 0 fully saturated rings. The van der Waals surface area contributed by atoms with Crippen molar-refractivity contribution in [1.82, 2.24) is 5.32 Å². The summed E-state index contributed by atoms with van der Waals surface area (Å²) in [6, 6.07) is -0.796. The Morgan fingerprint density at radius 3 is 2.31 bits per heavy atom. The van der Waals surface area contributed by atoms with Gasteiger partial charge in [-0.3, -0.25) is 9.59 Å². The number of amides is 1. The van der Waals surface area contributed by atoms with E-state index in [-0.39, 0.29) is 31.5 Å². The van der Waals surface area contributed by atoms with E-state index < -0.39 is 17.9 Å². The van der Waals surface area contributed by atoms with Crippen LogP contribution in [0.2, 0.25) is 0 Å². The molecule has 1 unspecified atom stereocenters. The van der Waals surface area contributed by atoms with Gasteiger partial charge in [0, 0.05) is 19.3 Å². The number of hydrogen-bond donors (Lipinski definition) is 2. The van der Waals surface area contributed by atoms with Crippen LogP contribution < -0.4 is 5.32 Å². The Morgan fingerprint density at radius 2 is 1.88 bits per heavy atom. The van der Waals surface area contributed by atoms with Gasteiger partial charge < -0.3 is 20.0 Å². The Bertz CT molecular complexity index is 287. The molecule has 0 saturated heterocycles. The zero-order valence-corrected chi connectivity index (χ0v) is 9.06. The minimum absolute atomic E-state index is 0.0206. The van der Waals surface area contributed by atoms with Crippen LogP contribution >= 0.6 is 0 Å². The fourth-order valence-corrected chi connectivity index (χ4v) is 1.02. The normalized spacial score (nSPS) is 11.6. The maximum absolute atomic E-state index is 11.2. The fourth-order valence-electron chi connectivity index (χ4n) is 1.02. The lowest BCUT2D eigenvalue weighted by molar-refractivity contribution is -0.137. The first-order valence-corrected chi connectivity index (χ1v) is 4.91. The second kappa shape index (κ2) is 7.56. The fraction of sp³-hybridized carbons (Fsp3) is 0.600. The van der Waals surface area contributed by atoms with Crippen molar-refractivity contribution in [3.8, 4) is 0 Å². The van der Waals surface area contributed by atoms with Gasteiger partial charge in [0.25, 0.3) is 0 Å². The van der Waals surface area contributed by atoms with E-state index in [9.17, 15) is 19.2 Å². The van der Waals surface area contributed by atoms with Gasteiger partial charge in [0.1, 0.15) is 12.1 Å². The average molecular weight is 229 g/mol. The zero-order valence-electron chi connectivity index (χ0n) is 9.06. The Morgan fingerprint density at radius 1 is 1.25 bits per heavy atom. The highest BCUT2D eigenvalue weighted by atomic mass is 16.4. The van der Waals surface area contributed by atoms with Crippen LogP contribution in [0.4, 0.5) is 0 Å². The van der Waals surface area contributed by atoms with Crippen LogP contribution in [-0.2, 0) is 19.2 Å². The predicted octanol–water partition coefficient (Wildman–Crippen LogP) is -0.0959. The van der Waals surface area contributed by atoms with Gasteiger partial charge in [-0.05, 0) is 13.3 Å². The second-order valence-corrected chi connectivity index (χ2v) is 3.44. The summed E-state index contributed by atoms with van der Waals surface area (Å²) in [7, 11) is 0. The summed E-state index contributed by atoms with van der Waals surface area (Å²) in [6.45, 7) is 1.37. The predicted molar refractivity (Wildman–Crippen MR) is 54.8 cm³/mol. The molecule has 0 heterocycles. The monoisotopic (exact) mass is 229 g/mol. The minimum atomic E-state index is -1.02. The molecule has 6 heteroatoms. The molecular formula is C10H15NO5. The van der Waals surface area contributed by atoms with Gasteiger partial charge >= 0.3 is 5.97 Å². The third-order valence-electron chi connectivity index (χ3n) is 1.88. The van der Waals surface area contributed by atoms with E-state index in [0.717, 1.165) is 0 Å². The molecule has 90 valence electrons. The van der Waals surface area contributed by atoms with E-state index in [1.54, 1.807) is 0 Å². The van der Waals surface area contributed by atoms with Gasteiger partial charge in [-0.25, -0.2) is 0 Å². The molecular weight excluding hydrogens is 214 g/mol. The maximum Gasteiger partial charge on any atom is 0.303 e. The van der Waals surface area contributed by atoms with Crippen molar-refractivity contribution in [3.63, 3.8) is 0 Å². The molecule has 0 rings (SSSR count). The quantitative estimate of drug-likeness (QED) is 0.566. The number of aliphatic carboxylic acids is 1. The Kier molecular flexibility index (Phi) is 6.74. The summed E-state index contributed by atoms with van der Waals surface area (Å²) in [5.74, 6) is -1.55. The van der Waals surface area contributed by atoms with E-state index in [1.165, 1.54) is 6.92 Å². The van der Waals surface area contributed by atoms with Crippen molar-refractivity contribution in [2.75, 3.05) is 0 Å². The third-order valence-corrected chi connectivity index (χ3v) is 1.88. The van der Waals surface area contributed by atoms with E-state index >= 15 is 0 Å². The SMILES string of the molecule is CC(=O)CCC(=O)NC(C=O)CCC(=O)O. The van der Waals surface area contributed by atoms with Gasteiger partial charge in [-0.1, -0.05) is 0 Å². The summed E-state index contributed by atoms with van der Waals surface area (Å²) in [4.78, 5) is 42.5. The number of carboxylic acids is 1. The van der Waals surface area contributed by atoms with Gasteiger partial charge in [0.2, 0.25) is 5.91 Å². The van der Waals surface area contributed by atoms with Crippen molar-refractivity contribution < 1.29 is 24.3 Å². The summed E-state index contributed by atoms with van der Waals surface area (Å²) < 4.78 is 0. The lowest BCUT2D eigenvalue weighted by Gasteiger charge is -2.10. The molecule has 0 aliphatic heterocycles. The molecule has 0 aromatic rings. The highest BCUT2D eigenvalue weighted by molar-refractivity contribution is 5.85. The number of rotatable bonds is 8. The van der Waals surface area contributed by atoms with Gasteiger partial charge in [0.05, 0.1) is 6.04 Å². The molecule has 0 spiro atoms. The first kappa shape index (κ1) is 14.3. The number of Topliss-reactive ketones (excluding diaryl/α,β-unsaturated/α-hetero) is 1. The van der Waals surface area contributed by atoms with Crippen LogP contribution in [0.3, 0.4) is 0 Å². The zero-order chi connectivity index (χ0) is 12.6. The standard InChI is InChI=1S/C10H15NO5/c1-7(13)2-4-9(14)11-8(6-12)3-5-10(15)16/h6,8H,2-5H2,1H3,(H,11,14)(H,15,16). The summed E-state index contributed by atoms with van der Waals surface area (Å²) in [5.41, 5.74) is 0. The molecule has 1 amide bonds. The number of carbonyl (C=O) groups excluding carboxylic acids is 3. The Hall–Kier alpha value is -1.72. The van der Waals surface area contributed by atoms with Crippen LogP contribution in [0.5, 0.6) is 0 Å². The van der Waals surface area contributed by atoms with Gasteiger partial charge in [-0.2, -0.15) is 0 Å². The first-order valence-electron chi connectivity index (χ1n) is 4.91. The Labute approximate surface area is 93.0 Å². The van der Waals surface area contributed by atoms with Crippen LogP contribution in [0, 0.1) is 0 Å². The number of carboxylic acid groups (broad SMARTS) is 1. The van der Waals surface area contributed by atoms with Crippen LogP contribution in [0.1, 0.15) is 32.6 Å². The molecule has 0 aliphatic carbocycles. The average Bonchev–Trinajstić information content (AvgIpc) is 2.20. The number of ketones is 1. The van der Waals surface area contributed by atoms with Crippen LogP contribution in [0.15, 0.2) is 0 Å². The smallest absolute Gasteiger partial charge is 0.303 e. The largest absolute Gasteiger partial charge is 0.481 e. The second-order valence-electron chi connectivity index (χ2n) is 3.44. The maximum atomic E-state index is 11.2. The van der Waals surface area contributed by atoms with Crippen molar-refractivity contribution in [2.24, 2.45) is 0 Å². The topological polar surface area (TPSA) is 101 Å². The summed E-state index contributed by atoms with van der Waals surface area (Å²) in [5, 5.41) is 10.7. The molecule has 2 N–H and O–H groups in total. The highest BCUT2D eigenvalue weighted by Gasteiger charge is 2.13. The van der Waals surface area contributed by atoms with Crippen molar-refractivity contribution in [2.45, 2.75) is 38.6 Å². The van der Waals surface area contributed by atoms with Gasteiger partial charge in [-0.15, -0.1) is 0 Å². The molecule has 0 bridgehead atoms. The molecule has 0 aromatic carbocycles. The van der Waals surface area contributed by atoms with Crippen LogP contribution in [0.25, 0.3) is 0 Å². The van der Waals surface area contributed by atoms with E-state index in [2.05, 4.69) is 5.32 Å². The lowest BCUT2D eigenvalue weighted by Crippen LogP contribution is -2.36. The molecule has 1 atom stereocenters. The molecule has 0 aliphatic rings. The van der Waals surface area contributed by atoms with Gasteiger partial charge in [0.15, 0.2) is 0 Å². The highest BCUT2D eigenvalue weighted by Crippen LogP contribution is 1.97. The molecule has 16 heavy (non-hydrogen) atoms. The number of nitrogens with one attached hydrogen (secondary N) is 1. The number of carbonyl (C=O) groups is 4. The molecule has 0 aromatic heterocycles. The van der Waals surface area contributed by atoms with Crippen molar-refractivity contribution in [1.29, 1.82) is 0 Å². The minimum Gasteiger partial charge on any atom is -0.481 e. The summed E-state index contributed by atoms with van der Waals surface area (Å²) in [6.07, 6.45) is 0.513. The van der Waals surface area contributed by atoms with E-state index in [1.807, 2.05) is 0 Å². The van der Waals surface area contributed by atoms with Crippen molar-refractivity contribution in [3.05, 3.63) is 0 Å².